The largest absolute Gasteiger partial charge is 0.496 e. The third-order valence-electron chi connectivity index (χ3n) is 3.08. The van der Waals surface area contributed by atoms with E-state index in [1.54, 1.807) is 0 Å². The van der Waals surface area contributed by atoms with Gasteiger partial charge in [0, 0.05) is 13.2 Å². The summed E-state index contributed by atoms with van der Waals surface area (Å²) < 4.78 is 69.8. The van der Waals surface area contributed by atoms with E-state index >= 15 is 0 Å². The Labute approximate surface area is 115 Å². The molecule has 0 unspecified atom stereocenters. The molecule has 3 nitrogen and oxygen atoms in total. The van der Waals surface area contributed by atoms with E-state index in [4.69, 9.17) is 4.74 Å². The molecule has 2 rings (SSSR count). The van der Waals surface area contributed by atoms with Gasteiger partial charge in [-0.25, -0.2) is 0 Å². The molecule has 0 atom stereocenters. The molecule has 1 heterocycles. The highest BCUT2D eigenvalue weighted by Crippen LogP contribution is 2.40. The Balaban J connectivity index is 2.71. The average Bonchev–Trinajstić information content (AvgIpc) is 2.74. The number of aryl methyl sites for hydroxylation is 1. The van der Waals surface area contributed by atoms with Crippen LogP contribution in [0.15, 0.2) is 24.4 Å². The van der Waals surface area contributed by atoms with E-state index in [1.165, 1.54) is 36.9 Å². The number of rotatable bonds is 3. The molecule has 0 aliphatic rings. The molecule has 1 aromatic heterocycles. The lowest BCUT2D eigenvalue weighted by Gasteiger charge is -2.17. The van der Waals surface area contributed by atoms with Gasteiger partial charge in [-0.05, 0) is 12.1 Å². The summed E-state index contributed by atoms with van der Waals surface area (Å²) in [5.41, 5.74) is -0.414. The van der Waals surface area contributed by atoms with Gasteiger partial charge in [0.15, 0.2) is 0 Å². The maximum absolute atomic E-state index is 13.3. The number of hydrogen-bond acceptors (Lipinski definition) is 2. The van der Waals surface area contributed by atoms with Crippen LogP contribution in [0, 0.1) is 0 Å². The van der Waals surface area contributed by atoms with Crippen LogP contribution in [0.1, 0.15) is 10.4 Å². The van der Waals surface area contributed by atoms with Gasteiger partial charge in [-0.3, -0.25) is 4.79 Å². The van der Waals surface area contributed by atoms with Crippen molar-refractivity contribution in [1.29, 1.82) is 0 Å². The van der Waals surface area contributed by atoms with Gasteiger partial charge in [0.1, 0.15) is 5.75 Å². The molecule has 0 radical (unpaired) electrons. The first-order valence-corrected chi connectivity index (χ1v) is 5.72. The molecule has 2 aromatic rings. The van der Waals surface area contributed by atoms with Crippen LogP contribution in [0.4, 0.5) is 22.0 Å². The molecule has 0 bridgehead atoms. The highest BCUT2D eigenvalue weighted by atomic mass is 19.4. The second kappa shape index (κ2) is 4.71. The van der Waals surface area contributed by atoms with E-state index < -0.39 is 23.4 Å². The van der Waals surface area contributed by atoms with E-state index in [-0.39, 0.29) is 11.1 Å². The lowest BCUT2D eigenvalue weighted by Crippen LogP contribution is -2.44. The van der Waals surface area contributed by atoms with Crippen molar-refractivity contribution in [3.63, 3.8) is 0 Å². The number of fused-ring (bicyclic) bond motifs is 1. The molecule has 1 aromatic carbocycles. The van der Waals surface area contributed by atoms with E-state index in [9.17, 15) is 26.7 Å². The summed E-state index contributed by atoms with van der Waals surface area (Å²) in [6.07, 6.45) is -5.01. The predicted octanol–water partition coefficient (Wildman–Crippen LogP) is 3.57. The van der Waals surface area contributed by atoms with E-state index in [2.05, 4.69) is 0 Å². The second-order valence-corrected chi connectivity index (χ2v) is 4.41. The fourth-order valence-electron chi connectivity index (χ4n) is 2.05. The van der Waals surface area contributed by atoms with Gasteiger partial charge < -0.3 is 9.30 Å². The van der Waals surface area contributed by atoms with Crippen LogP contribution < -0.4 is 4.74 Å². The van der Waals surface area contributed by atoms with Crippen molar-refractivity contribution in [2.45, 2.75) is 12.1 Å². The summed E-state index contributed by atoms with van der Waals surface area (Å²) in [5.74, 6) is -7.71. The van der Waals surface area contributed by atoms with Crippen LogP contribution in [-0.4, -0.2) is 29.6 Å². The molecular formula is C13H10F5NO2. The number of methoxy groups -OCH3 is 1. The lowest BCUT2D eigenvalue weighted by atomic mass is 10.0. The summed E-state index contributed by atoms with van der Waals surface area (Å²) in [5, 5.41) is -0.0728. The molecule has 8 heteroatoms. The van der Waals surface area contributed by atoms with Crippen LogP contribution in [-0.2, 0) is 7.05 Å². The van der Waals surface area contributed by atoms with Gasteiger partial charge >= 0.3 is 12.1 Å². The number of hydrogen-bond donors (Lipinski definition) is 0. The normalized spacial score (nSPS) is 12.7. The van der Waals surface area contributed by atoms with Crippen LogP contribution in [0.25, 0.3) is 10.9 Å². The minimum Gasteiger partial charge on any atom is -0.496 e. The first-order chi connectivity index (χ1) is 9.61. The molecule has 0 saturated carbocycles. The van der Waals surface area contributed by atoms with Crippen molar-refractivity contribution in [3.8, 4) is 5.75 Å². The van der Waals surface area contributed by atoms with Crippen LogP contribution >= 0.6 is 0 Å². The Morgan fingerprint density at radius 1 is 1.19 bits per heavy atom. The Morgan fingerprint density at radius 3 is 2.33 bits per heavy atom. The number of carbonyl (C=O) groups is 1. The van der Waals surface area contributed by atoms with Crippen LogP contribution in [0.2, 0.25) is 0 Å². The number of benzene rings is 1. The van der Waals surface area contributed by atoms with E-state index in [1.807, 2.05) is 0 Å². The zero-order valence-electron chi connectivity index (χ0n) is 11.0. The van der Waals surface area contributed by atoms with Gasteiger partial charge in [-0.2, -0.15) is 22.0 Å². The molecule has 114 valence electrons. The van der Waals surface area contributed by atoms with Crippen molar-refractivity contribution in [2.24, 2.45) is 7.05 Å². The smallest absolute Gasteiger partial charge is 0.461 e. The zero-order chi connectivity index (χ0) is 16.0. The Hall–Kier alpha value is -2.12. The number of alkyl halides is 5. The summed E-state index contributed by atoms with van der Waals surface area (Å²) in [7, 11) is 2.67. The van der Waals surface area contributed by atoms with E-state index in [0.717, 1.165) is 6.20 Å². The van der Waals surface area contributed by atoms with Crippen molar-refractivity contribution >= 4 is 16.7 Å². The molecule has 21 heavy (non-hydrogen) atoms. The average molecular weight is 307 g/mol. The summed E-state index contributed by atoms with van der Waals surface area (Å²) >= 11 is 0. The third-order valence-corrected chi connectivity index (χ3v) is 3.08. The van der Waals surface area contributed by atoms with Gasteiger partial charge in [0.05, 0.1) is 23.6 Å². The van der Waals surface area contributed by atoms with Crippen molar-refractivity contribution in [3.05, 3.63) is 30.0 Å². The number of ether oxygens (including phenoxy) is 1. The standard InChI is InChI=1S/C13H10F5NO2/c1-19-6-7(11(20)12(14,15)13(16,17)18)10-8(19)4-3-5-9(10)21-2/h3-6H,1-2H3. The lowest BCUT2D eigenvalue weighted by molar-refractivity contribution is -0.255. The Morgan fingerprint density at radius 2 is 1.81 bits per heavy atom. The fraction of sp³-hybridized carbons (Fsp3) is 0.308. The molecule has 0 amide bonds. The monoisotopic (exact) mass is 307 g/mol. The van der Waals surface area contributed by atoms with Gasteiger partial charge in [0.2, 0.25) is 5.78 Å². The van der Waals surface area contributed by atoms with Gasteiger partial charge in [0.25, 0.3) is 0 Å². The molecule has 0 N–H and O–H groups in total. The summed E-state index contributed by atoms with van der Waals surface area (Å²) in [6, 6.07) is 4.41. The molecule has 0 saturated heterocycles. The number of nitrogens with zero attached hydrogens (tertiary/aromatic N) is 1. The zero-order valence-corrected chi connectivity index (χ0v) is 11.0. The second-order valence-electron chi connectivity index (χ2n) is 4.41. The molecule has 0 spiro atoms. The summed E-state index contributed by atoms with van der Waals surface area (Å²) in [6.45, 7) is 0. The quantitative estimate of drug-likeness (QED) is 0.641. The Bertz CT molecular complexity index is 702. The van der Waals surface area contributed by atoms with Crippen molar-refractivity contribution in [1.82, 2.24) is 4.57 Å². The number of aromatic nitrogens is 1. The maximum atomic E-state index is 13.3. The molecule has 0 aliphatic carbocycles. The topological polar surface area (TPSA) is 31.2 Å². The number of carbonyl (C=O) groups excluding carboxylic acids is 1. The van der Waals surface area contributed by atoms with E-state index in [0.29, 0.717) is 5.52 Å². The first-order valence-electron chi connectivity index (χ1n) is 5.72. The third kappa shape index (κ3) is 2.24. The Kier molecular flexibility index (Phi) is 3.43. The number of ketones is 1. The predicted molar refractivity (Wildman–Crippen MR) is 64.8 cm³/mol. The molecule has 0 aliphatic heterocycles. The van der Waals surface area contributed by atoms with Gasteiger partial charge in [-0.1, -0.05) is 6.07 Å². The number of Topliss-reactive ketones (excluding diaryl/α,β-unsaturated/α-hetero) is 1. The summed E-state index contributed by atoms with van der Waals surface area (Å²) in [4.78, 5) is 11.7. The van der Waals surface area contributed by atoms with Gasteiger partial charge in [-0.15, -0.1) is 0 Å². The van der Waals surface area contributed by atoms with Crippen molar-refractivity contribution in [2.75, 3.05) is 7.11 Å². The maximum Gasteiger partial charge on any atom is 0.461 e. The highest BCUT2D eigenvalue weighted by Gasteiger charge is 2.63. The van der Waals surface area contributed by atoms with Crippen LogP contribution in [0.3, 0.4) is 0 Å². The fourth-order valence-corrected chi connectivity index (χ4v) is 2.05. The van der Waals surface area contributed by atoms with Crippen LogP contribution in [0.5, 0.6) is 5.75 Å². The minimum absolute atomic E-state index is 0.0504. The molecule has 0 fully saturated rings. The SMILES string of the molecule is COc1cccc2c1c(C(=O)C(F)(F)C(F)(F)F)cn2C. The minimum atomic E-state index is -5.95. The highest BCUT2D eigenvalue weighted by molar-refractivity contribution is 6.13. The number of halogens is 5. The molecular weight excluding hydrogens is 297 g/mol. The first kappa shape index (κ1) is 15.3. The van der Waals surface area contributed by atoms with Crippen molar-refractivity contribution < 1.29 is 31.5 Å².